The minimum absolute atomic E-state index is 0.0576. The Hall–Kier alpha value is -1.92. The lowest BCUT2D eigenvalue weighted by Crippen LogP contribution is -2.55. The van der Waals surface area contributed by atoms with Crippen LogP contribution in [0.2, 0.25) is 5.02 Å². The first-order valence-electron chi connectivity index (χ1n) is 10.2. The van der Waals surface area contributed by atoms with Crippen molar-refractivity contribution in [1.82, 2.24) is 0 Å². The molecule has 1 fully saturated rings. The summed E-state index contributed by atoms with van der Waals surface area (Å²) in [7, 11) is 25.5. The number of ether oxygens (including phenoxy) is 1. The summed E-state index contributed by atoms with van der Waals surface area (Å²) in [6.07, 6.45) is 3.68. The van der Waals surface area contributed by atoms with Crippen LogP contribution < -0.4 is 27.2 Å². The number of aromatic hydroxyl groups is 2. The van der Waals surface area contributed by atoms with Crippen LogP contribution >= 0.6 is 27.5 Å². The molecule has 0 atom stereocenters. The van der Waals surface area contributed by atoms with Crippen molar-refractivity contribution in [2.75, 3.05) is 12.4 Å². The van der Waals surface area contributed by atoms with Gasteiger partial charge >= 0.3 is 5.97 Å². The normalized spacial score (nSPS) is 23.8. The summed E-state index contributed by atoms with van der Waals surface area (Å²) < 4.78 is 6.05. The summed E-state index contributed by atoms with van der Waals surface area (Å²) in [4.78, 5) is 13.0. The molecule has 0 amide bonds. The van der Waals surface area contributed by atoms with E-state index in [1.807, 2.05) is 6.08 Å². The highest BCUT2D eigenvalue weighted by Crippen LogP contribution is 2.56. The van der Waals surface area contributed by atoms with Crippen molar-refractivity contribution >= 4 is 98.5 Å². The number of esters is 1. The maximum Gasteiger partial charge on any atom is 0.331 e. The third-order valence-corrected chi connectivity index (χ3v) is 8.29. The average Bonchev–Trinajstić information content (AvgIpc) is 3.05. The second-order valence-corrected chi connectivity index (χ2v) is 9.78. The zero-order valence-electron chi connectivity index (χ0n) is 17.8. The van der Waals surface area contributed by atoms with E-state index in [4.69, 9.17) is 47.7 Å². The number of hydrogen-bond acceptors (Lipinski definition) is 5. The van der Waals surface area contributed by atoms with Gasteiger partial charge in [-0.2, -0.15) is 0 Å². The quantitative estimate of drug-likeness (QED) is 0.314. The fourth-order valence-corrected chi connectivity index (χ4v) is 5.94. The van der Waals surface area contributed by atoms with Crippen LogP contribution in [-0.4, -0.2) is 60.2 Å². The summed E-state index contributed by atoms with van der Waals surface area (Å²) in [5.41, 5.74) is 0.655. The lowest BCUT2D eigenvalue weighted by Gasteiger charge is -2.45. The van der Waals surface area contributed by atoms with E-state index < -0.39 is 16.9 Å². The molecule has 1 spiro atoms. The van der Waals surface area contributed by atoms with E-state index in [1.165, 1.54) is 13.2 Å². The second-order valence-electron chi connectivity index (χ2n) is 8.54. The van der Waals surface area contributed by atoms with Crippen molar-refractivity contribution in [1.29, 1.82) is 0 Å². The van der Waals surface area contributed by atoms with Crippen LogP contribution in [0.5, 0.6) is 11.5 Å². The topological polar surface area (TPSA) is 78.8 Å². The molecule has 0 aliphatic heterocycles. The number of carbonyl (C=O) groups is 1. The Labute approximate surface area is 211 Å². The monoisotopic (exact) mass is 517 g/mol. The van der Waals surface area contributed by atoms with Gasteiger partial charge in [0.25, 0.3) is 0 Å². The third kappa shape index (κ3) is 3.61. The fraction of sp³-hybridized carbons (Fsp3) is 0.318. The van der Waals surface area contributed by atoms with E-state index in [0.717, 1.165) is 15.6 Å². The van der Waals surface area contributed by atoms with Gasteiger partial charge in [0.2, 0.25) is 0 Å². The van der Waals surface area contributed by atoms with Crippen LogP contribution in [0.15, 0.2) is 16.6 Å². The average molecular weight is 518 g/mol. The number of benzene rings is 2. The van der Waals surface area contributed by atoms with E-state index in [2.05, 4.69) is 21.2 Å². The highest BCUT2D eigenvalue weighted by atomic mass is 79.9. The molecule has 160 valence electrons. The van der Waals surface area contributed by atoms with Crippen molar-refractivity contribution in [2.24, 2.45) is 0 Å². The van der Waals surface area contributed by atoms with Gasteiger partial charge in [0, 0.05) is 20.6 Å². The predicted molar refractivity (Wildman–Crippen MR) is 138 cm³/mol. The molecule has 33 heavy (non-hydrogen) atoms. The molecule has 3 N–H and O–H groups in total. The Balaban J connectivity index is 1.73. The summed E-state index contributed by atoms with van der Waals surface area (Å²) in [6.45, 7) is 0. The van der Waals surface area contributed by atoms with Crippen LogP contribution in [-0.2, 0) is 14.9 Å². The molecule has 5 nitrogen and oxygen atoms in total. The van der Waals surface area contributed by atoms with Crippen molar-refractivity contribution in [3.05, 3.63) is 32.8 Å². The van der Waals surface area contributed by atoms with Crippen LogP contribution in [0, 0.1) is 0 Å². The number of carbonyl (C=O) groups excluding carboxylic acids is 1. The van der Waals surface area contributed by atoms with Crippen LogP contribution in [0.3, 0.4) is 0 Å². The number of phenolic OH excluding ortho intramolecular Hbond substituents is 2. The van der Waals surface area contributed by atoms with Crippen LogP contribution in [0.4, 0.5) is 5.69 Å². The first-order chi connectivity index (χ1) is 15.5. The van der Waals surface area contributed by atoms with Gasteiger partial charge in [-0.3, -0.25) is 0 Å². The van der Waals surface area contributed by atoms with Gasteiger partial charge in [-0.25, -0.2) is 4.79 Å². The van der Waals surface area contributed by atoms with E-state index in [9.17, 15) is 15.0 Å². The summed E-state index contributed by atoms with van der Waals surface area (Å²) in [5, 5.41) is 23.3. The first-order valence-corrected chi connectivity index (χ1v) is 11.4. The number of nitrogens with one attached hydrogen (secondary N) is 1. The molecule has 2 aliphatic carbocycles. The number of rotatable bonds is 3. The van der Waals surface area contributed by atoms with Crippen LogP contribution in [0.1, 0.15) is 36.8 Å². The summed E-state index contributed by atoms with van der Waals surface area (Å²) in [5.74, 6) is -0.860. The number of allylic oxidation sites excluding steroid dienone is 1. The number of halogens is 2. The molecule has 2 aromatic carbocycles. The van der Waals surface area contributed by atoms with Gasteiger partial charge in [0.05, 0.1) is 7.11 Å². The first kappa shape index (κ1) is 24.2. The molecule has 0 heterocycles. The van der Waals surface area contributed by atoms with Crippen LogP contribution in [0.25, 0.3) is 6.08 Å². The Morgan fingerprint density at radius 2 is 1.64 bits per heavy atom. The Bertz CT molecular complexity index is 1180. The molecule has 2 aromatic rings. The molecule has 11 heteroatoms. The molecular formula is C22H17B4BrClNO4. The SMILES string of the molecule is [B]c1c([B])c(Cl)c([B])c(NC2(C(=O)OC)CCC3(CC2)C(Br)=Cc2cc(O)c(O)cc23)c1[B]. The smallest absolute Gasteiger partial charge is 0.331 e. The van der Waals surface area contributed by atoms with E-state index in [1.54, 1.807) is 6.07 Å². The summed E-state index contributed by atoms with van der Waals surface area (Å²) >= 11 is 9.91. The van der Waals surface area contributed by atoms with Gasteiger partial charge in [-0.15, -0.1) is 5.46 Å². The van der Waals surface area contributed by atoms with E-state index in [0.29, 0.717) is 25.7 Å². The van der Waals surface area contributed by atoms with Gasteiger partial charge in [0.15, 0.2) is 11.5 Å². The zero-order valence-corrected chi connectivity index (χ0v) is 20.2. The summed E-state index contributed by atoms with van der Waals surface area (Å²) in [6, 6.07) is 3.10. The fourth-order valence-electron chi connectivity index (χ4n) is 4.89. The van der Waals surface area contributed by atoms with Crippen molar-refractivity contribution in [2.45, 2.75) is 36.6 Å². The third-order valence-electron chi connectivity index (χ3n) is 6.89. The van der Waals surface area contributed by atoms with Gasteiger partial charge in [0.1, 0.15) is 36.9 Å². The second kappa shape index (κ2) is 8.38. The van der Waals surface area contributed by atoms with Crippen molar-refractivity contribution < 1.29 is 19.7 Å². The number of fused-ring (bicyclic) bond motifs is 2. The molecule has 0 aromatic heterocycles. The Morgan fingerprint density at radius 1 is 1.03 bits per heavy atom. The Kier molecular flexibility index (Phi) is 6.15. The maximum absolute atomic E-state index is 13.0. The number of methoxy groups -OCH3 is 1. The standard InChI is InChI=1S/C22H17B4BrClNO4/c1-33-20(32)22(29-19-16(25)14(23)15(24)18(28)17(19)26)4-2-21(3-5-22)10-8-12(31)11(30)6-9(10)7-13(21)27/h6-8,29-31H,2-5H2,1H3. The minimum atomic E-state index is -1.15. The Morgan fingerprint density at radius 3 is 2.24 bits per heavy atom. The molecule has 1 saturated carbocycles. The van der Waals surface area contributed by atoms with Crippen molar-refractivity contribution in [3.8, 4) is 11.5 Å². The number of hydrogen-bond donors (Lipinski definition) is 3. The molecule has 0 bridgehead atoms. The largest absolute Gasteiger partial charge is 0.504 e. The lowest BCUT2D eigenvalue weighted by atomic mass is 9.64. The zero-order chi connectivity index (χ0) is 24.3. The van der Waals surface area contributed by atoms with Gasteiger partial charge < -0.3 is 20.3 Å². The molecule has 2 aliphatic rings. The molecule has 8 radical (unpaired) electrons. The lowest BCUT2D eigenvalue weighted by molar-refractivity contribution is -0.147. The maximum atomic E-state index is 13.0. The molecule has 0 saturated heterocycles. The van der Waals surface area contributed by atoms with Gasteiger partial charge in [-0.05, 0) is 55.0 Å². The highest BCUT2D eigenvalue weighted by Gasteiger charge is 2.52. The highest BCUT2D eigenvalue weighted by molar-refractivity contribution is 9.11. The number of anilines is 1. The molecule has 0 unspecified atom stereocenters. The molecular weight excluding hydrogens is 501 g/mol. The van der Waals surface area contributed by atoms with E-state index >= 15 is 0 Å². The molecule has 4 rings (SSSR count). The predicted octanol–water partition coefficient (Wildman–Crippen LogP) is 0.511. The van der Waals surface area contributed by atoms with E-state index in [-0.39, 0.29) is 44.1 Å². The minimum Gasteiger partial charge on any atom is -0.504 e. The number of phenols is 2. The van der Waals surface area contributed by atoms with Crippen molar-refractivity contribution in [3.63, 3.8) is 0 Å². The van der Waals surface area contributed by atoms with Gasteiger partial charge in [-0.1, -0.05) is 43.9 Å².